The van der Waals surface area contributed by atoms with Gasteiger partial charge in [-0.2, -0.15) is 0 Å². The first kappa shape index (κ1) is 27.0. The van der Waals surface area contributed by atoms with Gasteiger partial charge in [-0.1, -0.05) is 59.6 Å². The second-order valence-electron chi connectivity index (χ2n) is 9.15. The van der Waals surface area contributed by atoms with Gasteiger partial charge in [0.15, 0.2) is 5.78 Å². The number of halogens is 2. The summed E-state index contributed by atoms with van der Waals surface area (Å²) in [6.07, 6.45) is 0.256. The lowest BCUT2D eigenvalue weighted by Gasteiger charge is -2.43. The van der Waals surface area contributed by atoms with Gasteiger partial charge in [-0.3, -0.25) is 14.5 Å². The molecule has 2 aliphatic rings. The lowest BCUT2D eigenvalue weighted by Crippen LogP contribution is -2.46. The highest BCUT2D eigenvalue weighted by molar-refractivity contribution is 7.10. The van der Waals surface area contributed by atoms with Crippen molar-refractivity contribution in [1.29, 1.82) is 0 Å². The molecule has 1 aromatic heterocycles. The van der Waals surface area contributed by atoms with Crippen molar-refractivity contribution in [3.05, 3.63) is 109 Å². The van der Waals surface area contributed by atoms with E-state index in [4.69, 9.17) is 38.4 Å². The number of Topliss-reactive ketones (excluding diaryl/α,β-unsaturated/α-hetero) is 1. The first-order valence-corrected chi connectivity index (χ1v) is 13.7. The maximum atomic E-state index is 14.5. The van der Waals surface area contributed by atoms with Crippen molar-refractivity contribution >= 4 is 57.9 Å². The first-order chi connectivity index (χ1) is 18.8. The predicted octanol–water partition coefficient (Wildman–Crippen LogP) is 5.80. The molecule has 2 aromatic carbocycles. The maximum Gasteiger partial charge on any atom is 0.338 e. The number of methoxy groups -OCH3 is 2. The van der Waals surface area contributed by atoms with Crippen molar-refractivity contribution in [2.75, 3.05) is 19.1 Å². The Morgan fingerprint density at radius 2 is 1.69 bits per heavy atom. The van der Waals surface area contributed by atoms with Gasteiger partial charge in [0.05, 0.1) is 31.4 Å². The van der Waals surface area contributed by atoms with Crippen LogP contribution in [0, 0.1) is 5.92 Å². The standard InChI is InChI=1S/C29H24Cl2N2O5S/c1-37-28(35)22-19(15-7-4-3-5-8-15)14-20-23(26(22)34)24(21-9-6-10-39-21)25(29(36)38-2)27(32)33(20)18-12-16(30)11-17(31)13-18/h3-13,19,22,24H,14,32H2,1-2H3/t19-,22-,24-/m0/s1. The van der Waals surface area contributed by atoms with Gasteiger partial charge in [-0.15, -0.1) is 11.3 Å². The minimum atomic E-state index is -1.12. The zero-order valence-electron chi connectivity index (χ0n) is 21.0. The second kappa shape index (κ2) is 10.9. The molecule has 5 rings (SSSR count). The SMILES string of the molecule is COC(=O)C1=C(N)N(c2cc(Cl)cc(Cl)c2)C2=C(C(=O)[C@@H](C(=O)OC)[C@H](c3ccccc3)C2)[C@@H]1c1cccs1. The third kappa shape index (κ3) is 4.73. The third-order valence-electron chi connectivity index (χ3n) is 7.06. The summed E-state index contributed by atoms with van der Waals surface area (Å²) >= 11 is 14.1. The van der Waals surface area contributed by atoms with Gasteiger partial charge in [0.2, 0.25) is 0 Å². The number of allylic oxidation sites excluding steroid dienone is 2. The van der Waals surface area contributed by atoms with E-state index < -0.39 is 35.5 Å². The van der Waals surface area contributed by atoms with Crippen molar-refractivity contribution in [2.45, 2.75) is 18.3 Å². The average molecular weight is 583 g/mol. The molecule has 0 radical (unpaired) electrons. The van der Waals surface area contributed by atoms with Gasteiger partial charge in [-0.25, -0.2) is 4.79 Å². The molecule has 0 unspecified atom stereocenters. The summed E-state index contributed by atoms with van der Waals surface area (Å²) in [4.78, 5) is 43.3. The normalized spacial score (nSPS) is 21.1. The number of ether oxygens (including phenoxy) is 2. The van der Waals surface area contributed by atoms with E-state index in [0.717, 1.165) is 5.56 Å². The number of hydrogen-bond donors (Lipinski definition) is 1. The number of ketones is 1. The van der Waals surface area contributed by atoms with Gasteiger partial charge >= 0.3 is 11.9 Å². The molecule has 3 aromatic rings. The molecule has 39 heavy (non-hydrogen) atoms. The number of anilines is 1. The predicted molar refractivity (Wildman–Crippen MR) is 151 cm³/mol. The number of benzene rings is 2. The van der Waals surface area contributed by atoms with E-state index in [1.165, 1.54) is 25.6 Å². The summed E-state index contributed by atoms with van der Waals surface area (Å²) in [6, 6.07) is 17.8. The zero-order chi connectivity index (χ0) is 27.8. The monoisotopic (exact) mass is 582 g/mol. The number of esters is 2. The van der Waals surface area contributed by atoms with E-state index in [1.54, 1.807) is 23.1 Å². The number of carbonyl (C=O) groups is 3. The number of carbonyl (C=O) groups excluding carboxylic acids is 3. The molecule has 2 heterocycles. The Morgan fingerprint density at radius 1 is 1.00 bits per heavy atom. The summed E-state index contributed by atoms with van der Waals surface area (Å²) < 4.78 is 10.3. The highest BCUT2D eigenvalue weighted by Crippen LogP contribution is 2.52. The van der Waals surface area contributed by atoms with Crippen LogP contribution < -0.4 is 10.6 Å². The summed E-state index contributed by atoms with van der Waals surface area (Å²) in [5.74, 6) is -4.20. The summed E-state index contributed by atoms with van der Waals surface area (Å²) in [5.41, 5.74) is 8.96. The fraction of sp³-hybridized carbons (Fsp3) is 0.207. The first-order valence-electron chi connectivity index (χ1n) is 12.0. The van der Waals surface area contributed by atoms with E-state index in [9.17, 15) is 14.4 Å². The number of rotatable bonds is 5. The zero-order valence-corrected chi connectivity index (χ0v) is 23.3. The van der Waals surface area contributed by atoms with Crippen LogP contribution in [0.15, 0.2) is 88.7 Å². The second-order valence-corrected chi connectivity index (χ2v) is 11.0. The van der Waals surface area contributed by atoms with Crippen LogP contribution in [0.5, 0.6) is 0 Å². The molecule has 7 nitrogen and oxygen atoms in total. The molecular weight excluding hydrogens is 559 g/mol. The quantitative estimate of drug-likeness (QED) is 0.299. The Bertz CT molecular complexity index is 1500. The van der Waals surface area contributed by atoms with Crippen LogP contribution in [0.25, 0.3) is 0 Å². The van der Waals surface area contributed by atoms with E-state index in [0.29, 0.717) is 26.3 Å². The summed E-state index contributed by atoms with van der Waals surface area (Å²) in [6.45, 7) is 0. The maximum absolute atomic E-state index is 14.5. The highest BCUT2D eigenvalue weighted by Gasteiger charge is 2.51. The Morgan fingerprint density at radius 3 is 2.28 bits per heavy atom. The van der Waals surface area contributed by atoms with E-state index >= 15 is 0 Å². The Kier molecular flexibility index (Phi) is 7.53. The summed E-state index contributed by atoms with van der Waals surface area (Å²) in [7, 11) is 2.52. The molecule has 0 saturated heterocycles. The van der Waals surface area contributed by atoms with E-state index in [2.05, 4.69) is 0 Å². The van der Waals surface area contributed by atoms with Gasteiger partial charge in [0.25, 0.3) is 0 Å². The fourth-order valence-corrected chi connectivity index (χ4v) is 6.81. The topological polar surface area (TPSA) is 98.9 Å². The molecule has 10 heteroatoms. The van der Waals surface area contributed by atoms with Gasteiger partial charge in [-0.05, 0) is 41.6 Å². The minimum Gasteiger partial charge on any atom is -0.468 e. The lowest BCUT2D eigenvalue weighted by molar-refractivity contribution is -0.150. The molecule has 1 aliphatic heterocycles. The van der Waals surface area contributed by atoms with Gasteiger partial charge in [0.1, 0.15) is 11.7 Å². The Labute approximate surface area is 239 Å². The lowest BCUT2D eigenvalue weighted by atomic mass is 9.68. The molecule has 2 N–H and O–H groups in total. The largest absolute Gasteiger partial charge is 0.468 e. The highest BCUT2D eigenvalue weighted by atomic mass is 35.5. The molecule has 0 fully saturated rings. The van der Waals surface area contributed by atoms with Crippen molar-refractivity contribution in [3.63, 3.8) is 0 Å². The van der Waals surface area contributed by atoms with Crippen LogP contribution in [0.3, 0.4) is 0 Å². The molecule has 0 saturated carbocycles. The van der Waals surface area contributed by atoms with Crippen LogP contribution in [-0.4, -0.2) is 31.9 Å². The molecule has 200 valence electrons. The number of nitrogens with two attached hydrogens (primary N) is 1. The van der Waals surface area contributed by atoms with Crippen molar-refractivity contribution in [2.24, 2.45) is 11.7 Å². The van der Waals surface area contributed by atoms with Crippen molar-refractivity contribution in [1.82, 2.24) is 0 Å². The molecule has 0 bridgehead atoms. The van der Waals surface area contributed by atoms with Crippen LogP contribution in [-0.2, 0) is 23.9 Å². The number of hydrogen-bond acceptors (Lipinski definition) is 8. The molecule has 0 spiro atoms. The molecule has 1 aliphatic carbocycles. The number of nitrogens with zero attached hydrogens (tertiary/aromatic N) is 1. The molecular formula is C29H24Cl2N2O5S. The van der Waals surface area contributed by atoms with E-state index in [1.807, 2.05) is 47.8 Å². The average Bonchev–Trinajstić information content (AvgIpc) is 3.46. The van der Waals surface area contributed by atoms with E-state index in [-0.39, 0.29) is 23.4 Å². The summed E-state index contributed by atoms with van der Waals surface area (Å²) in [5, 5.41) is 2.55. The van der Waals surface area contributed by atoms with Gasteiger partial charge in [0, 0.05) is 32.1 Å². The van der Waals surface area contributed by atoms with Crippen LogP contribution in [0.4, 0.5) is 5.69 Å². The minimum absolute atomic E-state index is 0.0879. The Balaban J connectivity index is 1.83. The van der Waals surface area contributed by atoms with Crippen LogP contribution >= 0.6 is 34.5 Å². The fourth-order valence-electron chi connectivity index (χ4n) is 5.45. The van der Waals surface area contributed by atoms with Crippen LogP contribution in [0.2, 0.25) is 10.0 Å². The number of thiophene rings is 1. The van der Waals surface area contributed by atoms with Crippen molar-refractivity contribution < 1.29 is 23.9 Å². The van der Waals surface area contributed by atoms with Gasteiger partial charge < -0.3 is 15.2 Å². The van der Waals surface area contributed by atoms with Crippen molar-refractivity contribution in [3.8, 4) is 0 Å². The third-order valence-corrected chi connectivity index (χ3v) is 8.43. The van der Waals surface area contributed by atoms with Crippen LogP contribution in [0.1, 0.15) is 28.7 Å². The smallest absolute Gasteiger partial charge is 0.338 e. The molecule has 0 amide bonds. The Hall–Kier alpha value is -3.59. The molecule has 3 atom stereocenters.